The molecule has 8 heteroatoms. The van der Waals surface area contributed by atoms with Crippen LogP contribution >= 0.6 is 11.6 Å². The van der Waals surface area contributed by atoms with Crippen molar-refractivity contribution in [3.63, 3.8) is 0 Å². The lowest BCUT2D eigenvalue weighted by Crippen LogP contribution is -2.39. The lowest BCUT2D eigenvalue weighted by molar-refractivity contribution is 0.357. The second-order valence-corrected chi connectivity index (χ2v) is 10.5. The van der Waals surface area contributed by atoms with Crippen LogP contribution in [0.4, 0.5) is 5.69 Å². The molecule has 0 fully saturated rings. The Morgan fingerprint density at radius 1 is 1.09 bits per heavy atom. The van der Waals surface area contributed by atoms with E-state index < -0.39 is 15.9 Å². The van der Waals surface area contributed by atoms with Gasteiger partial charge in [0.2, 0.25) is 5.88 Å². The van der Waals surface area contributed by atoms with E-state index in [1.807, 2.05) is 31.2 Å². The minimum Gasteiger partial charge on any atom is -0.439 e. The number of aryl methyl sites for hydroxylation is 1. The summed E-state index contributed by atoms with van der Waals surface area (Å²) in [6.45, 7) is 2.00. The van der Waals surface area contributed by atoms with E-state index in [0.29, 0.717) is 21.8 Å². The van der Waals surface area contributed by atoms with E-state index in [4.69, 9.17) is 22.1 Å². The summed E-state index contributed by atoms with van der Waals surface area (Å²) in [6.07, 6.45) is 0. The van der Waals surface area contributed by atoms with Crippen LogP contribution in [-0.2, 0) is 21.3 Å². The van der Waals surface area contributed by atoms with E-state index in [9.17, 15) is 13.7 Å². The van der Waals surface area contributed by atoms with E-state index in [0.717, 1.165) is 11.1 Å². The Hall–Kier alpha value is -3.73. The summed E-state index contributed by atoms with van der Waals surface area (Å²) >= 11 is 6.02. The maximum atomic E-state index is 14.2. The van der Waals surface area contributed by atoms with Crippen molar-refractivity contribution in [2.75, 3.05) is 4.31 Å². The molecule has 0 aromatic heterocycles. The number of benzene rings is 3. The smallest absolute Gasteiger partial charge is 0.265 e. The highest BCUT2D eigenvalue weighted by molar-refractivity contribution is 7.96. The quantitative estimate of drug-likeness (QED) is 0.547. The van der Waals surface area contributed by atoms with Gasteiger partial charge < -0.3 is 10.5 Å². The third kappa shape index (κ3) is 3.52. The zero-order chi connectivity index (χ0) is 24.0. The second-order valence-electron chi connectivity index (χ2n) is 8.19. The van der Waals surface area contributed by atoms with E-state index in [1.165, 1.54) is 4.31 Å². The molecule has 0 spiro atoms. The molecule has 1 atom stereocenters. The highest BCUT2D eigenvalue weighted by Crippen LogP contribution is 2.51. The van der Waals surface area contributed by atoms with Crippen LogP contribution in [0.1, 0.15) is 28.2 Å². The van der Waals surface area contributed by atoms with Crippen LogP contribution in [0.15, 0.2) is 89.2 Å². The highest BCUT2D eigenvalue weighted by Gasteiger charge is 2.47. The van der Waals surface area contributed by atoms with Crippen molar-refractivity contribution in [2.45, 2.75) is 19.4 Å². The Morgan fingerprint density at radius 2 is 1.82 bits per heavy atom. The van der Waals surface area contributed by atoms with Crippen LogP contribution in [0, 0.1) is 18.3 Å². The summed E-state index contributed by atoms with van der Waals surface area (Å²) in [5, 5.41) is 10.5. The Balaban J connectivity index is 1.76. The molecule has 2 aliphatic rings. The van der Waals surface area contributed by atoms with Gasteiger partial charge in [-0.25, -0.2) is 8.42 Å². The Labute approximate surface area is 203 Å². The molecule has 0 bridgehead atoms. The average molecular weight is 490 g/mol. The largest absolute Gasteiger partial charge is 0.439 e. The van der Waals surface area contributed by atoms with Crippen molar-refractivity contribution >= 4 is 33.1 Å². The maximum Gasteiger partial charge on any atom is 0.265 e. The molecule has 2 aliphatic heterocycles. The summed E-state index contributed by atoms with van der Waals surface area (Å²) in [6, 6.07) is 23.6. The molecule has 0 saturated heterocycles. The minimum atomic E-state index is -4.11. The van der Waals surface area contributed by atoms with E-state index >= 15 is 0 Å². The predicted molar refractivity (Wildman–Crippen MR) is 132 cm³/mol. The highest BCUT2D eigenvalue weighted by atomic mass is 35.5. The number of halogens is 1. The number of hydrogen-bond acceptors (Lipinski definition) is 5. The molecular weight excluding hydrogens is 470 g/mol. The van der Waals surface area contributed by atoms with Gasteiger partial charge in [-0.1, -0.05) is 65.7 Å². The van der Waals surface area contributed by atoms with Crippen LogP contribution in [0.5, 0.6) is 0 Å². The average Bonchev–Trinajstić information content (AvgIpc) is 2.82. The molecule has 2 N–H and O–H groups in total. The molecule has 0 amide bonds. The fraction of sp³-hybridized carbons (Fsp3) is 0.115. The van der Waals surface area contributed by atoms with Gasteiger partial charge in [-0.2, -0.15) is 5.26 Å². The molecule has 3 aromatic rings. The predicted octanol–water partition coefficient (Wildman–Crippen LogP) is 5.17. The van der Waals surface area contributed by atoms with Gasteiger partial charge in [0.1, 0.15) is 16.5 Å². The zero-order valence-corrected chi connectivity index (χ0v) is 19.8. The summed E-state index contributed by atoms with van der Waals surface area (Å²) in [5.74, 6) is -0.824. The van der Waals surface area contributed by atoms with Crippen molar-refractivity contribution in [1.82, 2.24) is 0 Å². The first-order valence-corrected chi connectivity index (χ1v) is 12.4. The lowest BCUT2D eigenvalue weighted by Gasteiger charge is -2.38. The number of hydrogen-bond donors (Lipinski definition) is 1. The number of sulfonamides is 1. The minimum absolute atomic E-state index is 0.0107. The summed E-state index contributed by atoms with van der Waals surface area (Å²) in [7, 11) is -4.11. The third-order valence-electron chi connectivity index (χ3n) is 5.97. The third-order valence-corrected chi connectivity index (χ3v) is 8.11. The summed E-state index contributed by atoms with van der Waals surface area (Å²) in [4.78, 5) is 0.0107. The van der Waals surface area contributed by atoms with E-state index in [-0.39, 0.29) is 28.7 Å². The molecule has 1 unspecified atom stereocenters. The monoisotopic (exact) mass is 489 g/mol. The van der Waals surface area contributed by atoms with Gasteiger partial charge in [0.25, 0.3) is 10.0 Å². The Kier molecular flexibility index (Phi) is 5.35. The molecular formula is C26H20ClN3O3S. The number of nitrogens with zero attached hydrogens (tertiary/aromatic N) is 2. The van der Waals surface area contributed by atoms with Crippen LogP contribution in [0.25, 0.3) is 5.76 Å². The van der Waals surface area contributed by atoms with Crippen molar-refractivity contribution in [3.8, 4) is 6.07 Å². The number of anilines is 1. The fourth-order valence-electron chi connectivity index (χ4n) is 4.42. The molecule has 2 heterocycles. The standard InChI is InChI=1S/C26H20ClN3O3S/c1-16-5-4-6-18(13-16)23-21(14-28)26(29)33-24-20-7-2-3-8-22(20)30(34(31,32)25(23)24)15-17-9-11-19(27)12-10-17/h2-13,23H,15,29H2,1H3. The molecule has 6 nitrogen and oxygen atoms in total. The van der Waals surface area contributed by atoms with Crippen LogP contribution < -0.4 is 10.0 Å². The van der Waals surface area contributed by atoms with Gasteiger partial charge in [0.15, 0.2) is 5.76 Å². The van der Waals surface area contributed by atoms with Gasteiger partial charge in [-0.3, -0.25) is 4.31 Å². The Morgan fingerprint density at radius 3 is 2.53 bits per heavy atom. The SMILES string of the molecule is Cc1cccc(C2C(C#N)=C(N)OC3=C2S(=O)(=O)N(Cc2ccc(Cl)cc2)c2ccccc23)c1. The molecule has 5 rings (SSSR count). The van der Waals surface area contributed by atoms with Gasteiger partial charge in [-0.05, 0) is 42.3 Å². The lowest BCUT2D eigenvalue weighted by atomic mass is 9.87. The molecule has 3 aromatic carbocycles. The summed E-state index contributed by atoms with van der Waals surface area (Å²) in [5.41, 5.74) is 9.67. The number of ether oxygens (including phenoxy) is 1. The number of nitriles is 1. The molecule has 34 heavy (non-hydrogen) atoms. The number of nitrogens with two attached hydrogens (primary N) is 1. The molecule has 0 aliphatic carbocycles. The van der Waals surface area contributed by atoms with Crippen molar-refractivity contribution in [2.24, 2.45) is 5.73 Å². The van der Waals surface area contributed by atoms with Crippen LogP contribution in [0.2, 0.25) is 5.02 Å². The van der Waals surface area contributed by atoms with Gasteiger partial charge in [0.05, 0.1) is 18.2 Å². The molecule has 0 saturated carbocycles. The van der Waals surface area contributed by atoms with Gasteiger partial charge in [-0.15, -0.1) is 0 Å². The topological polar surface area (TPSA) is 96.4 Å². The normalized spacial score (nSPS) is 18.6. The first-order chi connectivity index (χ1) is 16.3. The number of fused-ring (bicyclic) bond motifs is 2. The van der Waals surface area contributed by atoms with Crippen molar-refractivity contribution in [1.29, 1.82) is 5.26 Å². The first-order valence-electron chi connectivity index (χ1n) is 10.6. The second kappa shape index (κ2) is 8.24. The number of para-hydroxylation sites is 1. The van der Waals surface area contributed by atoms with Crippen molar-refractivity contribution < 1.29 is 13.2 Å². The summed E-state index contributed by atoms with van der Waals surface area (Å²) < 4.78 is 35.6. The molecule has 170 valence electrons. The maximum absolute atomic E-state index is 14.2. The zero-order valence-electron chi connectivity index (χ0n) is 18.2. The van der Waals surface area contributed by atoms with Gasteiger partial charge in [0, 0.05) is 10.6 Å². The van der Waals surface area contributed by atoms with E-state index in [2.05, 4.69) is 6.07 Å². The van der Waals surface area contributed by atoms with E-state index in [1.54, 1.807) is 48.5 Å². The van der Waals surface area contributed by atoms with Gasteiger partial charge >= 0.3 is 0 Å². The van der Waals surface area contributed by atoms with Crippen molar-refractivity contribution in [3.05, 3.63) is 116 Å². The fourth-order valence-corrected chi connectivity index (χ4v) is 6.46. The van der Waals surface area contributed by atoms with Crippen LogP contribution in [0.3, 0.4) is 0 Å². The van der Waals surface area contributed by atoms with Crippen LogP contribution in [-0.4, -0.2) is 8.42 Å². The number of rotatable bonds is 3. The first kappa shape index (κ1) is 22.1. The Bertz CT molecular complexity index is 1520. The number of allylic oxidation sites excluding steroid dienone is 2. The molecule has 0 radical (unpaired) electrons.